The van der Waals surface area contributed by atoms with Crippen LogP contribution in [0.2, 0.25) is 0 Å². The largest absolute Gasteiger partial charge is 0.390 e. The highest BCUT2D eigenvalue weighted by atomic mass is 16.3. The van der Waals surface area contributed by atoms with Gasteiger partial charge in [0.2, 0.25) is 0 Å². The summed E-state index contributed by atoms with van der Waals surface area (Å²) in [6.45, 7) is 12.3. The third-order valence-corrected chi connectivity index (χ3v) is 2.54. The smallest absolute Gasteiger partial charge is 0.0791 e. The zero-order valence-electron chi connectivity index (χ0n) is 11.7. The van der Waals surface area contributed by atoms with E-state index in [0.717, 1.165) is 25.6 Å². The maximum absolute atomic E-state index is 9.79. The maximum Gasteiger partial charge on any atom is 0.0791 e. The first kappa shape index (κ1) is 15.9. The van der Waals surface area contributed by atoms with Gasteiger partial charge in [0.05, 0.1) is 6.10 Å². The summed E-state index contributed by atoms with van der Waals surface area (Å²) in [6.07, 6.45) is 0.943. The van der Waals surface area contributed by atoms with Crippen LogP contribution < -0.4 is 5.32 Å². The lowest BCUT2D eigenvalue weighted by Gasteiger charge is -2.21. The summed E-state index contributed by atoms with van der Waals surface area (Å²) in [5, 5.41) is 13.1. The fraction of sp³-hybridized carbons (Fsp3) is 1.00. The molecule has 0 heterocycles. The molecule has 0 saturated carbocycles. The van der Waals surface area contributed by atoms with Crippen molar-refractivity contribution < 1.29 is 5.11 Å². The van der Waals surface area contributed by atoms with Gasteiger partial charge in [-0.2, -0.15) is 0 Å². The van der Waals surface area contributed by atoms with E-state index in [1.165, 1.54) is 6.42 Å². The van der Waals surface area contributed by atoms with E-state index >= 15 is 0 Å². The molecule has 0 aromatic carbocycles. The topological polar surface area (TPSA) is 35.5 Å². The quantitative estimate of drug-likeness (QED) is 0.631. The van der Waals surface area contributed by atoms with E-state index in [-0.39, 0.29) is 6.10 Å². The molecule has 16 heavy (non-hydrogen) atoms. The van der Waals surface area contributed by atoms with Gasteiger partial charge < -0.3 is 15.3 Å². The molecular weight excluding hydrogens is 200 g/mol. The van der Waals surface area contributed by atoms with Gasteiger partial charge >= 0.3 is 0 Å². The van der Waals surface area contributed by atoms with Crippen LogP contribution in [0.25, 0.3) is 0 Å². The SMILES string of the molecule is CC(C)CCN(C)CC(O)CNCC(C)C. The Morgan fingerprint density at radius 1 is 1.06 bits per heavy atom. The molecule has 1 atom stereocenters. The molecule has 98 valence electrons. The first-order valence-corrected chi connectivity index (χ1v) is 6.49. The summed E-state index contributed by atoms with van der Waals surface area (Å²) in [5.41, 5.74) is 0. The third kappa shape index (κ3) is 10.4. The van der Waals surface area contributed by atoms with Gasteiger partial charge in [0.1, 0.15) is 0 Å². The second-order valence-corrected chi connectivity index (χ2v) is 5.65. The highest BCUT2D eigenvalue weighted by molar-refractivity contribution is 4.65. The Hall–Kier alpha value is -0.120. The predicted molar refractivity (Wildman–Crippen MR) is 70.7 cm³/mol. The van der Waals surface area contributed by atoms with E-state index in [4.69, 9.17) is 0 Å². The van der Waals surface area contributed by atoms with E-state index in [1.54, 1.807) is 0 Å². The third-order valence-electron chi connectivity index (χ3n) is 2.54. The van der Waals surface area contributed by atoms with E-state index in [9.17, 15) is 5.11 Å². The highest BCUT2D eigenvalue weighted by Gasteiger charge is 2.08. The van der Waals surface area contributed by atoms with Gasteiger partial charge in [0, 0.05) is 13.1 Å². The van der Waals surface area contributed by atoms with E-state index in [1.807, 2.05) is 0 Å². The average Bonchev–Trinajstić information content (AvgIpc) is 2.14. The molecule has 0 bridgehead atoms. The van der Waals surface area contributed by atoms with Crippen molar-refractivity contribution in [2.75, 3.05) is 33.2 Å². The summed E-state index contributed by atoms with van der Waals surface area (Å²) in [5.74, 6) is 1.38. The molecule has 0 rings (SSSR count). The van der Waals surface area contributed by atoms with Gasteiger partial charge in [-0.3, -0.25) is 0 Å². The van der Waals surface area contributed by atoms with Crippen molar-refractivity contribution in [3.05, 3.63) is 0 Å². The van der Waals surface area contributed by atoms with Gasteiger partial charge in [-0.15, -0.1) is 0 Å². The molecule has 0 aliphatic rings. The number of likely N-dealkylation sites (N-methyl/N-ethyl adjacent to an activating group) is 1. The van der Waals surface area contributed by atoms with Crippen LogP contribution in [0, 0.1) is 11.8 Å². The Labute approximate surface area is 101 Å². The number of hydrogen-bond donors (Lipinski definition) is 2. The molecule has 1 unspecified atom stereocenters. The molecule has 3 heteroatoms. The van der Waals surface area contributed by atoms with Crippen molar-refractivity contribution in [2.45, 2.75) is 40.2 Å². The molecular formula is C13H30N2O. The molecule has 0 spiro atoms. The van der Waals surface area contributed by atoms with Crippen molar-refractivity contribution in [2.24, 2.45) is 11.8 Å². The van der Waals surface area contributed by atoms with Crippen LogP contribution in [0.3, 0.4) is 0 Å². The standard InChI is InChI=1S/C13H30N2O/c1-11(2)6-7-15(5)10-13(16)9-14-8-12(3)4/h11-14,16H,6-10H2,1-5H3. The van der Waals surface area contributed by atoms with Crippen molar-refractivity contribution in [3.63, 3.8) is 0 Å². The number of aliphatic hydroxyl groups excluding tert-OH is 1. The Morgan fingerprint density at radius 2 is 1.69 bits per heavy atom. The van der Waals surface area contributed by atoms with Crippen LogP contribution in [0.15, 0.2) is 0 Å². The molecule has 0 aliphatic carbocycles. The van der Waals surface area contributed by atoms with Gasteiger partial charge in [-0.05, 0) is 38.4 Å². The minimum Gasteiger partial charge on any atom is -0.390 e. The maximum atomic E-state index is 9.79. The normalized spacial score (nSPS) is 14.1. The molecule has 0 aliphatic heterocycles. The predicted octanol–water partition coefficient (Wildman–Crippen LogP) is 1.57. The Bertz CT molecular complexity index is 160. The number of nitrogens with zero attached hydrogens (tertiary/aromatic N) is 1. The van der Waals surface area contributed by atoms with E-state index in [0.29, 0.717) is 12.5 Å². The summed E-state index contributed by atoms with van der Waals surface area (Å²) in [4.78, 5) is 2.21. The summed E-state index contributed by atoms with van der Waals surface area (Å²) in [6, 6.07) is 0. The average molecular weight is 230 g/mol. The molecule has 3 nitrogen and oxygen atoms in total. The van der Waals surface area contributed by atoms with E-state index < -0.39 is 0 Å². The molecule has 0 aromatic heterocycles. The molecule has 0 fully saturated rings. The zero-order chi connectivity index (χ0) is 12.6. The lowest BCUT2D eigenvalue weighted by atomic mass is 10.1. The number of nitrogens with one attached hydrogen (secondary N) is 1. The van der Waals surface area contributed by atoms with Crippen LogP contribution in [0.4, 0.5) is 0 Å². The molecule has 0 amide bonds. The first-order chi connectivity index (χ1) is 7.41. The first-order valence-electron chi connectivity index (χ1n) is 6.49. The second-order valence-electron chi connectivity index (χ2n) is 5.65. The van der Waals surface area contributed by atoms with Crippen molar-refractivity contribution in [3.8, 4) is 0 Å². The van der Waals surface area contributed by atoms with Gasteiger partial charge in [0.15, 0.2) is 0 Å². The minimum absolute atomic E-state index is 0.254. The summed E-state index contributed by atoms with van der Waals surface area (Å²) < 4.78 is 0. The van der Waals surface area contributed by atoms with Gasteiger partial charge in [-0.1, -0.05) is 27.7 Å². The lowest BCUT2D eigenvalue weighted by Crippen LogP contribution is -2.38. The van der Waals surface area contributed by atoms with Crippen LogP contribution >= 0.6 is 0 Å². The fourth-order valence-electron chi connectivity index (χ4n) is 1.53. The molecule has 0 aromatic rings. The van der Waals surface area contributed by atoms with Crippen LogP contribution in [-0.2, 0) is 0 Å². The Balaban J connectivity index is 3.50. The highest BCUT2D eigenvalue weighted by Crippen LogP contribution is 2.01. The van der Waals surface area contributed by atoms with Gasteiger partial charge in [0.25, 0.3) is 0 Å². The summed E-state index contributed by atoms with van der Waals surface area (Å²) >= 11 is 0. The van der Waals surface area contributed by atoms with Gasteiger partial charge in [-0.25, -0.2) is 0 Å². The lowest BCUT2D eigenvalue weighted by molar-refractivity contribution is 0.121. The Kier molecular flexibility index (Phi) is 8.90. The summed E-state index contributed by atoms with van der Waals surface area (Å²) in [7, 11) is 2.08. The van der Waals surface area contributed by atoms with Crippen LogP contribution in [0.5, 0.6) is 0 Å². The van der Waals surface area contributed by atoms with Crippen molar-refractivity contribution in [1.82, 2.24) is 10.2 Å². The number of rotatable bonds is 9. The van der Waals surface area contributed by atoms with Crippen molar-refractivity contribution >= 4 is 0 Å². The number of hydrogen-bond acceptors (Lipinski definition) is 3. The molecule has 0 saturated heterocycles. The molecule has 0 radical (unpaired) electrons. The number of aliphatic hydroxyl groups is 1. The zero-order valence-corrected chi connectivity index (χ0v) is 11.7. The Morgan fingerprint density at radius 3 is 2.19 bits per heavy atom. The monoisotopic (exact) mass is 230 g/mol. The van der Waals surface area contributed by atoms with Crippen molar-refractivity contribution in [1.29, 1.82) is 0 Å². The fourth-order valence-corrected chi connectivity index (χ4v) is 1.53. The minimum atomic E-state index is -0.254. The second kappa shape index (κ2) is 8.97. The van der Waals surface area contributed by atoms with Crippen LogP contribution in [0.1, 0.15) is 34.1 Å². The van der Waals surface area contributed by atoms with E-state index in [2.05, 4.69) is 45.0 Å². The molecule has 2 N–H and O–H groups in total. The van der Waals surface area contributed by atoms with Crippen LogP contribution in [-0.4, -0.2) is 49.3 Å².